The highest BCUT2D eigenvalue weighted by Gasteiger charge is 2.31. The van der Waals surface area contributed by atoms with Crippen molar-refractivity contribution in [3.05, 3.63) is 72.3 Å². The second-order valence-corrected chi connectivity index (χ2v) is 11.0. The highest BCUT2D eigenvalue weighted by Crippen LogP contribution is 2.29. The third-order valence-electron chi connectivity index (χ3n) is 6.68. The van der Waals surface area contributed by atoms with E-state index in [4.69, 9.17) is 0 Å². The minimum Gasteiger partial charge on any atom is -0.352 e. The lowest BCUT2D eigenvalue weighted by molar-refractivity contribution is -0.125. The van der Waals surface area contributed by atoms with Crippen LogP contribution in [0.5, 0.6) is 0 Å². The van der Waals surface area contributed by atoms with Crippen molar-refractivity contribution in [3.63, 3.8) is 0 Å². The maximum absolute atomic E-state index is 13.6. The Kier molecular flexibility index (Phi) is 8.71. The van der Waals surface area contributed by atoms with Crippen LogP contribution in [0.2, 0.25) is 0 Å². The van der Waals surface area contributed by atoms with Gasteiger partial charge >= 0.3 is 0 Å². The van der Waals surface area contributed by atoms with Gasteiger partial charge in [0, 0.05) is 27.9 Å². The van der Waals surface area contributed by atoms with Gasteiger partial charge in [-0.3, -0.25) is 23.5 Å². The van der Waals surface area contributed by atoms with Gasteiger partial charge < -0.3 is 10.6 Å². The summed E-state index contributed by atoms with van der Waals surface area (Å²) in [6.45, 7) is 3.64. The predicted molar refractivity (Wildman–Crippen MR) is 149 cm³/mol. The van der Waals surface area contributed by atoms with Gasteiger partial charge in [-0.2, -0.15) is 0 Å². The molecule has 1 fully saturated rings. The lowest BCUT2D eigenvalue weighted by Crippen LogP contribution is -2.51. The van der Waals surface area contributed by atoms with Crippen molar-refractivity contribution in [1.82, 2.24) is 5.32 Å². The fourth-order valence-electron chi connectivity index (χ4n) is 4.73. The second kappa shape index (κ2) is 12.1. The zero-order valence-electron chi connectivity index (χ0n) is 21.2. The number of nitrogens with one attached hydrogen (secondary N) is 2. The van der Waals surface area contributed by atoms with Crippen molar-refractivity contribution >= 4 is 50.7 Å². The van der Waals surface area contributed by atoms with Crippen molar-refractivity contribution in [2.24, 2.45) is 0 Å². The average molecular weight is 520 g/mol. The van der Waals surface area contributed by atoms with E-state index < -0.39 is 28.7 Å². The van der Waals surface area contributed by atoms with Gasteiger partial charge in [-0.25, -0.2) is 0 Å². The molecule has 2 N–H and O–H groups in total. The smallest absolute Gasteiger partial charge is 0.243 e. The number of benzene rings is 3. The van der Waals surface area contributed by atoms with E-state index >= 15 is 0 Å². The molecule has 194 valence electrons. The summed E-state index contributed by atoms with van der Waals surface area (Å²) in [4.78, 5) is 40.7. The Morgan fingerprint density at radius 1 is 0.946 bits per heavy atom. The Morgan fingerprint density at radius 3 is 2.35 bits per heavy atom. The lowest BCUT2D eigenvalue weighted by Gasteiger charge is -2.30. The topological polar surface area (TPSA) is 95.6 Å². The molecule has 0 heterocycles. The molecule has 1 aliphatic carbocycles. The van der Waals surface area contributed by atoms with E-state index in [1.165, 1.54) is 4.90 Å². The SMILES string of the molecule is Cc1ccc(NC(=O)CS(=O)CC(=O)N(c2cccc3ccccc23)C(C)C(=O)NC2CCCC2)cc1. The third kappa shape index (κ3) is 6.83. The molecule has 4 rings (SSSR count). The molecule has 0 bridgehead atoms. The van der Waals surface area contributed by atoms with Gasteiger partial charge in [0.1, 0.15) is 17.5 Å². The Bertz CT molecular complexity index is 1300. The fraction of sp³-hybridized carbons (Fsp3) is 0.345. The first-order valence-electron chi connectivity index (χ1n) is 12.6. The van der Waals surface area contributed by atoms with Gasteiger partial charge in [0.05, 0.1) is 5.69 Å². The summed E-state index contributed by atoms with van der Waals surface area (Å²) in [5.41, 5.74) is 2.25. The Labute approximate surface area is 220 Å². The van der Waals surface area contributed by atoms with Gasteiger partial charge in [0.15, 0.2) is 0 Å². The number of aryl methyl sites for hydroxylation is 1. The highest BCUT2D eigenvalue weighted by molar-refractivity contribution is 7.86. The molecule has 2 unspecified atom stereocenters. The number of hydrogen-bond donors (Lipinski definition) is 2. The van der Waals surface area contributed by atoms with E-state index in [0.29, 0.717) is 11.4 Å². The molecule has 0 radical (unpaired) electrons. The molecule has 1 aliphatic rings. The standard InChI is InChI=1S/C29H33N3O4S/c1-20-14-16-24(17-15-20)30-27(33)18-37(36)19-28(34)32(21(2)29(35)31-23-10-4-5-11-23)26-13-7-9-22-8-3-6-12-25(22)26/h3,6-9,12-17,21,23H,4-5,10-11,18-19H2,1-2H3,(H,30,33)(H,31,35). The monoisotopic (exact) mass is 519 g/mol. The number of anilines is 2. The van der Waals surface area contributed by atoms with Crippen LogP contribution in [0.3, 0.4) is 0 Å². The molecule has 3 aromatic carbocycles. The molecular weight excluding hydrogens is 486 g/mol. The normalized spacial score (nSPS) is 15.2. The molecular formula is C29H33N3O4S. The number of rotatable bonds is 9. The van der Waals surface area contributed by atoms with Crippen LogP contribution < -0.4 is 15.5 Å². The van der Waals surface area contributed by atoms with Crippen LogP contribution >= 0.6 is 0 Å². The maximum atomic E-state index is 13.6. The van der Waals surface area contributed by atoms with Crippen molar-refractivity contribution in [3.8, 4) is 0 Å². The number of carbonyl (C=O) groups is 3. The van der Waals surface area contributed by atoms with Crippen molar-refractivity contribution in [2.75, 3.05) is 21.7 Å². The molecule has 8 heteroatoms. The number of hydrogen-bond acceptors (Lipinski definition) is 4. The lowest BCUT2D eigenvalue weighted by atomic mass is 10.1. The third-order valence-corrected chi connectivity index (χ3v) is 7.83. The zero-order chi connectivity index (χ0) is 26.4. The summed E-state index contributed by atoms with van der Waals surface area (Å²) < 4.78 is 12.9. The molecule has 3 aromatic rings. The second-order valence-electron chi connectivity index (χ2n) is 9.57. The van der Waals surface area contributed by atoms with E-state index in [0.717, 1.165) is 42.0 Å². The summed E-state index contributed by atoms with van der Waals surface area (Å²) in [5, 5.41) is 7.55. The van der Waals surface area contributed by atoms with Gasteiger partial charge in [0.25, 0.3) is 0 Å². The van der Waals surface area contributed by atoms with Crippen LogP contribution in [0.25, 0.3) is 10.8 Å². The molecule has 0 aliphatic heterocycles. The predicted octanol–water partition coefficient (Wildman–Crippen LogP) is 4.32. The van der Waals surface area contributed by atoms with Crippen LogP contribution in [0.15, 0.2) is 66.7 Å². The largest absolute Gasteiger partial charge is 0.352 e. The minimum atomic E-state index is -1.75. The molecule has 3 amide bonds. The molecule has 1 saturated carbocycles. The van der Waals surface area contributed by atoms with Crippen molar-refractivity contribution in [2.45, 2.75) is 51.6 Å². The molecule has 0 saturated heterocycles. The summed E-state index contributed by atoms with van der Waals surface area (Å²) >= 11 is 0. The van der Waals surface area contributed by atoms with Crippen molar-refractivity contribution in [1.29, 1.82) is 0 Å². The molecule has 7 nitrogen and oxygen atoms in total. The minimum absolute atomic E-state index is 0.110. The first-order chi connectivity index (χ1) is 17.8. The van der Waals surface area contributed by atoms with Gasteiger partial charge in [-0.15, -0.1) is 0 Å². The first kappa shape index (κ1) is 26.5. The number of amides is 3. The summed E-state index contributed by atoms with van der Waals surface area (Å²) in [6, 6.07) is 19.8. The van der Waals surface area contributed by atoms with Crippen molar-refractivity contribution < 1.29 is 18.6 Å². The summed E-state index contributed by atoms with van der Waals surface area (Å²) in [6.07, 6.45) is 4.02. The first-order valence-corrected chi connectivity index (χ1v) is 14.1. The van der Waals surface area contributed by atoms with Crippen LogP contribution in [-0.2, 0) is 25.2 Å². The molecule has 0 spiro atoms. The van der Waals surface area contributed by atoms with Crippen LogP contribution in [-0.4, -0.2) is 45.5 Å². The van der Waals surface area contributed by atoms with Gasteiger partial charge in [-0.05, 0) is 50.3 Å². The van der Waals surface area contributed by atoms with Crippen LogP contribution in [0, 0.1) is 6.92 Å². The highest BCUT2D eigenvalue weighted by atomic mass is 32.2. The van der Waals surface area contributed by atoms with Gasteiger partial charge in [0.2, 0.25) is 17.7 Å². The summed E-state index contributed by atoms with van der Waals surface area (Å²) in [5.74, 6) is -1.82. The Balaban J connectivity index is 1.52. The quantitative estimate of drug-likeness (QED) is 0.440. The number of nitrogens with zero attached hydrogens (tertiary/aromatic N) is 1. The molecule has 2 atom stereocenters. The Morgan fingerprint density at radius 2 is 1.62 bits per heavy atom. The average Bonchev–Trinajstić information content (AvgIpc) is 3.38. The molecule has 37 heavy (non-hydrogen) atoms. The van der Waals surface area contributed by atoms with Crippen LogP contribution in [0.4, 0.5) is 11.4 Å². The van der Waals surface area contributed by atoms with E-state index in [2.05, 4.69) is 10.6 Å². The summed E-state index contributed by atoms with van der Waals surface area (Å²) in [7, 11) is -1.75. The Hall–Kier alpha value is -3.52. The maximum Gasteiger partial charge on any atom is 0.243 e. The van der Waals surface area contributed by atoms with E-state index in [-0.39, 0.29) is 23.5 Å². The van der Waals surface area contributed by atoms with E-state index in [9.17, 15) is 18.6 Å². The fourth-order valence-corrected chi connectivity index (χ4v) is 5.61. The van der Waals surface area contributed by atoms with E-state index in [1.807, 2.05) is 55.5 Å². The van der Waals surface area contributed by atoms with Crippen LogP contribution in [0.1, 0.15) is 38.2 Å². The zero-order valence-corrected chi connectivity index (χ0v) is 22.1. The number of fused-ring (bicyclic) bond motifs is 1. The number of carbonyl (C=O) groups excluding carboxylic acids is 3. The van der Waals surface area contributed by atoms with E-state index in [1.54, 1.807) is 25.1 Å². The molecule has 0 aromatic heterocycles. The van der Waals surface area contributed by atoms with Gasteiger partial charge in [-0.1, -0.05) is 66.9 Å².